The molecule has 49 heavy (non-hydrogen) atoms. The van der Waals surface area contributed by atoms with Crippen LogP contribution < -0.4 is 26.4 Å². The molecule has 0 aliphatic carbocycles. The van der Waals surface area contributed by atoms with Crippen molar-refractivity contribution in [3.05, 3.63) is 94.9 Å². The number of ether oxygens (including phenoxy) is 1. The highest BCUT2D eigenvalue weighted by Gasteiger charge is 2.33. The van der Waals surface area contributed by atoms with Gasteiger partial charge in [-0.2, -0.15) is 0 Å². The highest BCUT2D eigenvalue weighted by atomic mass is 16.5. The van der Waals surface area contributed by atoms with Crippen LogP contribution in [0, 0.1) is 19.8 Å². The van der Waals surface area contributed by atoms with Crippen LogP contribution in [0.1, 0.15) is 51.6 Å². The molecule has 0 fully saturated rings. The number of hydrogen-bond acceptors (Lipinski definition) is 9. The maximum absolute atomic E-state index is 13.8. The van der Waals surface area contributed by atoms with Gasteiger partial charge in [-0.05, 0) is 75.8 Å². The number of urea groups is 1. The second kappa shape index (κ2) is 15.2. The summed E-state index contributed by atoms with van der Waals surface area (Å²) in [6.07, 6.45) is -0.312. The van der Waals surface area contributed by atoms with Crippen LogP contribution in [0.3, 0.4) is 0 Å². The van der Waals surface area contributed by atoms with E-state index in [1.54, 1.807) is 68.1 Å². The van der Waals surface area contributed by atoms with Crippen molar-refractivity contribution in [1.82, 2.24) is 15.0 Å². The molecule has 258 valence electrons. The number of rotatable bonds is 10. The summed E-state index contributed by atoms with van der Waals surface area (Å²) in [5.41, 5.74) is 10.2. The first-order chi connectivity index (χ1) is 23.4. The lowest BCUT2D eigenvalue weighted by Crippen LogP contribution is -2.49. The number of carbonyl (C=O) groups excluding carboxylic acids is 3. The Bertz CT molecular complexity index is 1790. The number of aromatic nitrogens is 1. The number of amides is 4. The van der Waals surface area contributed by atoms with Gasteiger partial charge < -0.3 is 41.0 Å². The van der Waals surface area contributed by atoms with E-state index in [0.29, 0.717) is 65.2 Å². The van der Waals surface area contributed by atoms with Crippen LogP contribution in [0.15, 0.2) is 71.3 Å². The fourth-order valence-corrected chi connectivity index (χ4v) is 5.71. The van der Waals surface area contributed by atoms with Crippen molar-refractivity contribution < 1.29 is 28.8 Å². The number of aliphatic hydroxyl groups excluding tert-OH is 1. The molecule has 13 nitrogen and oxygen atoms in total. The summed E-state index contributed by atoms with van der Waals surface area (Å²) < 4.78 is 11.6. The molecule has 1 aliphatic rings. The molecule has 0 radical (unpaired) electrons. The van der Waals surface area contributed by atoms with Crippen molar-refractivity contribution in [3.8, 4) is 5.75 Å². The number of nitrogens with one attached hydrogen (secondary N) is 3. The Morgan fingerprint density at radius 3 is 2.49 bits per heavy atom. The fraction of sp³-hybridized carbons (Fsp3) is 0.333. The van der Waals surface area contributed by atoms with E-state index in [2.05, 4.69) is 26.0 Å². The third-order valence-corrected chi connectivity index (χ3v) is 8.56. The molecule has 0 spiro atoms. The van der Waals surface area contributed by atoms with Gasteiger partial charge >= 0.3 is 6.03 Å². The van der Waals surface area contributed by atoms with Gasteiger partial charge in [0, 0.05) is 36.8 Å². The fourth-order valence-electron chi connectivity index (χ4n) is 5.71. The molecule has 0 saturated heterocycles. The van der Waals surface area contributed by atoms with Crippen molar-refractivity contribution in [1.29, 1.82) is 0 Å². The van der Waals surface area contributed by atoms with E-state index < -0.39 is 12.1 Å². The third kappa shape index (κ3) is 8.37. The van der Waals surface area contributed by atoms with E-state index in [1.165, 1.54) is 0 Å². The predicted octanol–water partition coefficient (Wildman–Crippen LogP) is 5.12. The van der Waals surface area contributed by atoms with Gasteiger partial charge in [-0.3, -0.25) is 14.5 Å². The quantitative estimate of drug-likeness (QED) is 0.144. The van der Waals surface area contributed by atoms with Crippen LogP contribution in [-0.4, -0.2) is 76.8 Å². The summed E-state index contributed by atoms with van der Waals surface area (Å²) >= 11 is 0. The lowest BCUT2D eigenvalue weighted by Gasteiger charge is -2.38. The molecule has 0 bridgehead atoms. The molecular weight excluding hydrogens is 626 g/mol. The van der Waals surface area contributed by atoms with Crippen LogP contribution in [0.5, 0.6) is 5.75 Å². The van der Waals surface area contributed by atoms with Gasteiger partial charge in [0.25, 0.3) is 11.8 Å². The van der Waals surface area contributed by atoms with Crippen LogP contribution >= 0.6 is 0 Å². The molecule has 13 heteroatoms. The summed E-state index contributed by atoms with van der Waals surface area (Å²) in [6.45, 7) is 8.52. The number of anilines is 4. The number of nitrogens with two attached hydrogens (primary N) is 1. The van der Waals surface area contributed by atoms with Gasteiger partial charge in [0.2, 0.25) is 0 Å². The largest absolute Gasteiger partial charge is 0.488 e. The Hall–Kier alpha value is -5.40. The van der Waals surface area contributed by atoms with E-state index in [-0.39, 0.29) is 36.0 Å². The van der Waals surface area contributed by atoms with Crippen molar-refractivity contribution in [2.24, 2.45) is 5.92 Å². The van der Waals surface area contributed by atoms with Crippen LogP contribution in [0.4, 0.5) is 27.5 Å². The van der Waals surface area contributed by atoms with Gasteiger partial charge in [-0.25, -0.2) is 4.79 Å². The van der Waals surface area contributed by atoms with Gasteiger partial charge in [0.05, 0.1) is 29.6 Å². The molecule has 3 atom stereocenters. The topological polar surface area (TPSA) is 175 Å². The van der Waals surface area contributed by atoms with Crippen molar-refractivity contribution >= 4 is 40.6 Å². The zero-order valence-electron chi connectivity index (χ0n) is 28.3. The number of likely N-dealkylation sites (N-methyl/N-ethyl adjacent to an activating group) is 1. The molecular formula is C36H43N7O6. The smallest absolute Gasteiger partial charge is 0.323 e. The Morgan fingerprint density at radius 1 is 1.08 bits per heavy atom. The van der Waals surface area contributed by atoms with Crippen LogP contribution in [-0.2, 0) is 6.54 Å². The average Bonchev–Trinajstić information content (AvgIpc) is 3.39. The number of nitrogen functional groups attached to an aromatic ring is 1. The summed E-state index contributed by atoms with van der Waals surface area (Å²) in [4.78, 5) is 43.2. The Morgan fingerprint density at radius 2 is 1.82 bits per heavy atom. The minimum atomic E-state index is -0.517. The third-order valence-electron chi connectivity index (χ3n) is 8.56. The summed E-state index contributed by atoms with van der Waals surface area (Å²) in [6, 6.07) is 18.5. The lowest BCUT2D eigenvalue weighted by atomic mass is 9.99. The zero-order chi connectivity index (χ0) is 35.2. The standard InChI is InChI=1S/C36H43N7O6/c1-21-17-43(22(2)20-44)35(46)28-16-27(38-36(47)40-33-23(3)41-49-24(33)4)14-15-31(28)48-32(21)19-42(5)18-25-10-12-26(13-11-25)34(45)39-30-9-7-6-8-29(30)37/h6-16,21-22,32,44H,17-20,37H2,1-5H3,(H,39,45)(H2,38,40,47)/t21-,22+,32+/m1/s1. The van der Waals surface area contributed by atoms with Crippen molar-refractivity contribution in [3.63, 3.8) is 0 Å². The van der Waals surface area contributed by atoms with E-state index in [0.717, 1.165) is 5.56 Å². The molecule has 0 unspecified atom stereocenters. The zero-order valence-corrected chi connectivity index (χ0v) is 28.3. The van der Waals surface area contributed by atoms with E-state index >= 15 is 0 Å². The molecule has 2 heterocycles. The summed E-state index contributed by atoms with van der Waals surface area (Å²) in [5, 5.41) is 22.2. The SMILES string of the molecule is Cc1noc(C)c1NC(=O)Nc1ccc2c(c1)C(=O)N([C@@H](C)CO)C[C@@H](C)[C@H](CN(C)Cc1ccc(C(=O)Nc3ccccc3N)cc1)O2. The molecule has 3 aromatic carbocycles. The maximum Gasteiger partial charge on any atom is 0.323 e. The Kier molecular flexibility index (Phi) is 10.8. The highest BCUT2D eigenvalue weighted by molar-refractivity contribution is 6.06. The van der Waals surface area contributed by atoms with Crippen LogP contribution in [0.25, 0.3) is 0 Å². The number of fused-ring (bicyclic) bond motifs is 1. The number of carbonyl (C=O) groups is 3. The predicted molar refractivity (Wildman–Crippen MR) is 188 cm³/mol. The number of nitrogens with zero attached hydrogens (tertiary/aromatic N) is 3. The van der Waals surface area contributed by atoms with Gasteiger partial charge in [-0.1, -0.05) is 36.3 Å². The second-order valence-electron chi connectivity index (χ2n) is 12.5. The normalized spacial score (nSPS) is 16.6. The first-order valence-corrected chi connectivity index (χ1v) is 16.1. The van der Waals surface area contributed by atoms with E-state index in [4.69, 9.17) is 15.0 Å². The molecule has 0 saturated carbocycles. The molecule has 4 aromatic rings. The van der Waals surface area contributed by atoms with Gasteiger partial charge in [-0.15, -0.1) is 0 Å². The highest BCUT2D eigenvalue weighted by Crippen LogP contribution is 2.31. The van der Waals surface area contributed by atoms with E-state index in [1.807, 2.05) is 38.2 Å². The number of aliphatic hydroxyl groups is 1. The van der Waals surface area contributed by atoms with Gasteiger partial charge in [0.1, 0.15) is 23.2 Å². The number of para-hydroxylation sites is 2. The molecule has 1 aliphatic heterocycles. The number of aryl methyl sites for hydroxylation is 2. The monoisotopic (exact) mass is 669 g/mol. The Balaban J connectivity index is 1.29. The second-order valence-corrected chi connectivity index (χ2v) is 12.5. The lowest BCUT2D eigenvalue weighted by molar-refractivity contribution is 0.0341. The van der Waals surface area contributed by atoms with Gasteiger partial charge in [0.15, 0.2) is 5.76 Å². The molecule has 5 rings (SSSR count). The minimum Gasteiger partial charge on any atom is -0.488 e. The van der Waals surface area contributed by atoms with Crippen LogP contribution in [0.2, 0.25) is 0 Å². The first-order valence-electron chi connectivity index (χ1n) is 16.1. The molecule has 1 aromatic heterocycles. The molecule has 4 amide bonds. The van der Waals surface area contributed by atoms with Crippen molar-refractivity contribution in [2.75, 3.05) is 48.4 Å². The first kappa shape index (κ1) is 34.9. The maximum atomic E-state index is 13.8. The summed E-state index contributed by atoms with van der Waals surface area (Å²) in [5.74, 6) is 0.232. The summed E-state index contributed by atoms with van der Waals surface area (Å²) in [7, 11) is 1.98. The number of benzene rings is 3. The Labute approximate surface area is 285 Å². The average molecular weight is 670 g/mol. The number of hydrogen-bond donors (Lipinski definition) is 5. The minimum absolute atomic E-state index is 0.0799. The van der Waals surface area contributed by atoms with E-state index in [9.17, 15) is 19.5 Å². The van der Waals surface area contributed by atoms with Crippen molar-refractivity contribution in [2.45, 2.75) is 46.4 Å². The molecule has 6 N–H and O–H groups in total.